The first kappa shape index (κ1) is 24.3. The van der Waals surface area contributed by atoms with E-state index in [0.717, 1.165) is 6.07 Å². The van der Waals surface area contributed by atoms with Crippen molar-refractivity contribution in [2.45, 2.75) is 63.5 Å². The highest BCUT2D eigenvalue weighted by Crippen LogP contribution is 2.39. The van der Waals surface area contributed by atoms with Crippen molar-refractivity contribution in [3.63, 3.8) is 0 Å². The molecule has 34 heavy (non-hydrogen) atoms. The van der Waals surface area contributed by atoms with Crippen LogP contribution in [0.2, 0.25) is 0 Å². The summed E-state index contributed by atoms with van der Waals surface area (Å²) in [7, 11) is 1.63. The lowest BCUT2D eigenvalue weighted by atomic mass is 9.79. The fourth-order valence-corrected chi connectivity index (χ4v) is 4.73. The van der Waals surface area contributed by atoms with E-state index in [1.165, 1.54) is 27.6 Å². The van der Waals surface area contributed by atoms with E-state index >= 15 is 0 Å². The monoisotopic (exact) mass is 478 g/mol. The first-order valence-electron chi connectivity index (χ1n) is 11.2. The Morgan fingerprint density at radius 2 is 2.03 bits per heavy atom. The molecular formula is C24H29F3N4O3. The van der Waals surface area contributed by atoms with Crippen LogP contribution in [-0.2, 0) is 18.8 Å². The van der Waals surface area contributed by atoms with E-state index in [2.05, 4.69) is 10.3 Å². The molecule has 0 aliphatic carbocycles. The molecule has 3 unspecified atom stereocenters. The van der Waals surface area contributed by atoms with Gasteiger partial charge >= 0.3 is 6.18 Å². The van der Waals surface area contributed by atoms with Gasteiger partial charge in [-0.05, 0) is 51.3 Å². The third kappa shape index (κ3) is 4.69. The largest absolute Gasteiger partial charge is 0.492 e. The van der Waals surface area contributed by atoms with Crippen LogP contribution in [0, 0.1) is 0 Å². The van der Waals surface area contributed by atoms with Gasteiger partial charge in [-0.1, -0.05) is 0 Å². The number of halogens is 3. The Hall–Kier alpha value is -2.85. The van der Waals surface area contributed by atoms with E-state index in [4.69, 9.17) is 4.74 Å². The normalized spacial score (nSPS) is 23.6. The molecule has 184 valence electrons. The van der Waals surface area contributed by atoms with Crippen LogP contribution in [-0.4, -0.2) is 37.9 Å². The molecule has 7 nitrogen and oxygen atoms in total. The highest BCUT2D eigenvalue weighted by molar-refractivity contribution is 5.81. The van der Waals surface area contributed by atoms with Crippen molar-refractivity contribution >= 4 is 11.0 Å². The van der Waals surface area contributed by atoms with Crippen molar-refractivity contribution in [3.8, 4) is 5.75 Å². The van der Waals surface area contributed by atoms with E-state index in [1.54, 1.807) is 33.2 Å². The highest BCUT2D eigenvalue weighted by atomic mass is 19.4. The van der Waals surface area contributed by atoms with Crippen molar-refractivity contribution in [1.29, 1.82) is 0 Å². The minimum absolute atomic E-state index is 0.0271. The topological polar surface area (TPSA) is 81.3 Å². The smallest absolute Gasteiger partial charge is 0.418 e. The Balaban J connectivity index is 1.58. The van der Waals surface area contributed by atoms with E-state index in [-0.39, 0.29) is 53.5 Å². The lowest BCUT2D eigenvalue weighted by molar-refractivity contribution is -0.136. The second-order valence-electron chi connectivity index (χ2n) is 9.46. The van der Waals surface area contributed by atoms with E-state index in [9.17, 15) is 23.1 Å². The Kier molecular flexibility index (Phi) is 6.24. The van der Waals surface area contributed by atoms with E-state index < -0.39 is 17.3 Å². The minimum atomic E-state index is -4.57. The van der Waals surface area contributed by atoms with Crippen LogP contribution in [0.25, 0.3) is 11.0 Å². The molecule has 1 fully saturated rings. The summed E-state index contributed by atoms with van der Waals surface area (Å²) in [5.74, 6) is 0.0611. The van der Waals surface area contributed by atoms with Crippen molar-refractivity contribution in [2.24, 2.45) is 7.05 Å². The number of pyridine rings is 1. The molecule has 0 radical (unpaired) electrons. The van der Waals surface area contributed by atoms with Gasteiger partial charge in [0.25, 0.3) is 5.56 Å². The maximum Gasteiger partial charge on any atom is 0.418 e. The predicted octanol–water partition coefficient (Wildman–Crippen LogP) is 3.74. The number of hydrogen-bond acceptors (Lipinski definition) is 5. The fourth-order valence-electron chi connectivity index (χ4n) is 4.73. The van der Waals surface area contributed by atoms with Crippen LogP contribution in [0.15, 0.2) is 41.6 Å². The maximum atomic E-state index is 13.8. The number of imidazole rings is 1. The Morgan fingerprint density at radius 1 is 1.29 bits per heavy atom. The van der Waals surface area contributed by atoms with Gasteiger partial charge in [-0.15, -0.1) is 0 Å². The van der Waals surface area contributed by atoms with E-state index in [1.807, 2.05) is 6.92 Å². The summed E-state index contributed by atoms with van der Waals surface area (Å²) in [5, 5.41) is 14.7. The van der Waals surface area contributed by atoms with Gasteiger partial charge in [0.05, 0.1) is 28.5 Å². The number of piperidine rings is 1. The van der Waals surface area contributed by atoms with Gasteiger partial charge in [-0.2, -0.15) is 13.2 Å². The molecule has 4 rings (SSSR count). The minimum Gasteiger partial charge on any atom is -0.492 e. The number of nitrogens with one attached hydrogen (secondary N) is 1. The Labute approximate surface area is 195 Å². The standard InChI is InChI=1S/C24H29F3N4O3/c1-14(2)31-13-28-20-9-18(8-19(22(20)31)24(25,26)27)34-12-17-11-23(33,10-15(3)29-17)16-5-6-30(4)21(32)7-16/h5-9,13-15,17,29,33H,10-12H2,1-4H3. The van der Waals surface area contributed by atoms with E-state index in [0.29, 0.717) is 12.0 Å². The molecule has 0 spiro atoms. The maximum absolute atomic E-state index is 13.8. The molecule has 1 aromatic carbocycles. The number of aliphatic hydroxyl groups is 1. The van der Waals surface area contributed by atoms with Crippen LogP contribution in [0.3, 0.4) is 0 Å². The number of nitrogens with zero attached hydrogens (tertiary/aromatic N) is 3. The summed E-state index contributed by atoms with van der Waals surface area (Å²) in [6.45, 7) is 5.55. The lowest BCUT2D eigenvalue weighted by Crippen LogP contribution is -2.53. The zero-order valence-electron chi connectivity index (χ0n) is 19.6. The van der Waals surface area contributed by atoms with Crippen LogP contribution in [0.5, 0.6) is 5.75 Å². The number of rotatable bonds is 5. The predicted molar refractivity (Wildman–Crippen MR) is 122 cm³/mol. The van der Waals surface area contributed by atoms with Crippen molar-refractivity contribution in [2.75, 3.05) is 6.61 Å². The average molecular weight is 479 g/mol. The zero-order valence-corrected chi connectivity index (χ0v) is 19.6. The van der Waals surface area contributed by atoms with Crippen molar-refractivity contribution in [3.05, 3.63) is 58.3 Å². The zero-order chi connectivity index (χ0) is 24.8. The van der Waals surface area contributed by atoms with Crippen LogP contribution < -0.4 is 15.6 Å². The highest BCUT2D eigenvalue weighted by Gasteiger charge is 2.40. The number of ether oxygens (including phenoxy) is 1. The summed E-state index contributed by atoms with van der Waals surface area (Å²) in [5.41, 5.74) is -1.51. The summed E-state index contributed by atoms with van der Waals surface area (Å²) in [6.07, 6.45) is -0.906. The first-order valence-corrected chi connectivity index (χ1v) is 11.2. The van der Waals surface area contributed by atoms with Gasteiger partial charge in [0, 0.05) is 43.5 Å². The molecule has 1 aliphatic rings. The lowest BCUT2D eigenvalue weighted by Gasteiger charge is -2.41. The fraction of sp³-hybridized carbons (Fsp3) is 0.500. The summed E-state index contributed by atoms with van der Waals surface area (Å²) < 4.78 is 50.2. The van der Waals surface area contributed by atoms with Crippen molar-refractivity contribution in [1.82, 2.24) is 19.4 Å². The second-order valence-corrected chi connectivity index (χ2v) is 9.46. The van der Waals surface area contributed by atoms with Crippen LogP contribution in [0.1, 0.15) is 50.8 Å². The Bertz CT molecular complexity index is 1250. The summed E-state index contributed by atoms with van der Waals surface area (Å²) >= 11 is 0. The molecule has 2 N–H and O–H groups in total. The van der Waals surface area contributed by atoms with Gasteiger partial charge < -0.3 is 24.3 Å². The first-order chi connectivity index (χ1) is 15.9. The second kappa shape index (κ2) is 8.74. The number of benzene rings is 1. The molecule has 0 amide bonds. The summed E-state index contributed by atoms with van der Waals surface area (Å²) in [4.78, 5) is 16.2. The molecule has 1 saturated heterocycles. The third-order valence-corrected chi connectivity index (χ3v) is 6.35. The quantitative estimate of drug-likeness (QED) is 0.584. The summed E-state index contributed by atoms with van der Waals surface area (Å²) in [6, 6.07) is 5.03. The van der Waals surface area contributed by atoms with Crippen LogP contribution >= 0.6 is 0 Å². The molecular weight excluding hydrogens is 449 g/mol. The number of hydrogen-bond donors (Lipinski definition) is 2. The average Bonchev–Trinajstić information content (AvgIpc) is 3.16. The van der Waals surface area contributed by atoms with Crippen molar-refractivity contribution < 1.29 is 23.0 Å². The molecule has 2 aromatic heterocycles. The number of aryl methyl sites for hydroxylation is 1. The van der Waals surface area contributed by atoms with Gasteiger partial charge in [-0.3, -0.25) is 4.79 Å². The SMILES string of the molecule is CC1CC(O)(c2ccn(C)c(=O)c2)CC(COc2cc(C(F)(F)F)c3c(c2)ncn3C(C)C)N1. The van der Waals surface area contributed by atoms with Gasteiger partial charge in [0.1, 0.15) is 12.4 Å². The molecule has 1 aliphatic heterocycles. The number of fused-ring (bicyclic) bond motifs is 1. The van der Waals surface area contributed by atoms with Gasteiger partial charge in [0.15, 0.2) is 0 Å². The number of aromatic nitrogens is 3. The molecule has 3 atom stereocenters. The van der Waals surface area contributed by atoms with Gasteiger partial charge in [0.2, 0.25) is 0 Å². The number of alkyl halides is 3. The molecule has 0 saturated carbocycles. The molecule has 10 heteroatoms. The van der Waals surface area contributed by atoms with Crippen LogP contribution in [0.4, 0.5) is 13.2 Å². The Morgan fingerprint density at radius 3 is 2.68 bits per heavy atom. The molecule has 3 heterocycles. The molecule has 3 aromatic rings. The molecule has 0 bridgehead atoms. The van der Waals surface area contributed by atoms with Gasteiger partial charge in [-0.25, -0.2) is 4.98 Å². The third-order valence-electron chi connectivity index (χ3n) is 6.35.